The van der Waals surface area contributed by atoms with Crippen LogP contribution in [0.15, 0.2) is 35.7 Å². The molecule has 6 heteroatoms. The van der Waals surface area contributed by atoms with E-state index in [4.69, 9.17) is 0 Å². The Balaban J connectivity index is 1.34. The van der Waals surface area contributed by atoms with Crippen molar-refractivity contribution in [3.63, 3.8) is 0 Å². The molecule has 1 saturated heterocycles. The monoisotopic (exact) mass is 375 g/mol. The van der Waals surface area contributed by atoms with Gasteiger partial charge in [0.25, 0.3) is 0 Å². The molecular weight excluding hydrogens is 353 g/mol. The normalized spacial score (nSPS) is 28.4. The van der Waals surface area contributed by atoms with E-state index < -0.39 is 17.2 Å². The highest BCUT2D eigenvalue weighted by Gasteiger charge is 2.48. The van der Waals surface area contributed by atoms with Crippen LogP contribution in [0.1, 0.15) is 28.1 Å². The standard InChI is InChI=1S/C20H22FNO3S/c21-17-6-13(3-4-18(17)23)19(24)12-22-10-14-7-20(25,8-15(14)11-22)9-16-2-1-5-26-16/h1-6,14-15,23,25H,7-12H2/t14-,15+,20?. The third-order valence-corrected chi connectivity index (χ3v) is 6.53. The number of aliphatic hydroxyl groups is 1. The third kappa shape index (κ3) is 3.54. The van der Waals surface area contributed by atoms with Crippen LogP contribution in [-0.4, -0.2) is 46.1 Å². The predicted octanol–water partition coefficient (Wildman–Crippen LogP) is 3.09. The molecular formula is C20H22FNO3S. The van der Waals surface area contributed by atoms with Crippen molar-refractivity contribution in [1.82, 2.24) is 4.90 Å². The fraction of sp³-hybridized carbons (Fsp3) is 0.450. The maximum absolute atomic E-state index is 13.4. The first-order valence-electron chi connectivity index (χ1n) is 8.91. The Morgan fingerprint density at radius 1 is 1.27 bits per heavy atom. The van der Waals surface area contributed by atoms with Crippen molar-refractivity contribution in [3.05, 3.63) is 52.0 Å². The highest BCUT2D eigenvalue weighted by Crippen LogP contribution is 2.45. The smallest absolute Gasteiger partial charge is 0.176 e. The zero-order valence-electron chi connectivity index (χ0n) is 14.4. The number of carbonyl (C=O) groups is 1. The van der Waals surface area contributed by atoms with Crippen LogP contribution in [0.3, 0.4) is 0 Å². The number of likely N-dealkylation sites (tertiary alicyclic amines) is 1. The lowest BCUT2D eigenvalue weighted by Crippen LogP contribution is -2.33. The molecule has 26 heavy (non-hydrogen) atoms. The van der Waals surface area contributed by atoms with Crippen LogP contribution in [-0.2, 0) is 6.42 Å². The highest BCUT2D eigenvalue weighted by molar-refractivity contribution is 7.09. The van der Waals surface area contributed by atoms with Crippen LogP contribution >= 0.6 is 11.3 Å². The zero-order chi connectivity index (χ0) is 18.3. The minimum atomic E-state index is -0.771. The molecule has 1 aliphatic carbocycles. The van der Waals surface area contributed by atoms with E-state index in [-0.39, 0.29) is 17.9 Å². The van der Waals surface area contributed by atoms with Gasteiger partial charge in [-0.15, -0.1) is 11.3 Å². The number of hydrogen-bond acceptors (Lipinski definition) is 5. The van der Waals surface area contributed by atoms with E-state index in [9.17, 15) is 19.4 Å². The van der Waals surface area contributed by atoms with Crippen LogP contribution in [0, 0.1) is 17.7 Å². The molecule has 0 radical (unpaired) electrons. The van der Waals surface area contributed by atoms with Gasteiger partial charge in [0.2, 0.25) is 0 Å². The van der Waals surface area contributed by atoms with Gasteiger partial charge in [-0.3, -0.25) is 9.69 Å². The summed E-state index contributed by atoms with van der Waals surface area (Å²) in [5, 5.41) is 22.2. The van der Waals surface area contributed by atoms with E-state index in [2.05, 4.69) is 11.0 Å². The summed E-state index contributed by atoms with van der Waals surface area (Å²) in [6.45, 7) is 1.84. The SMILES string of the molecule is O=C(CN1C[C@@H]2CC(O)(Cc3cccs3)C[C@@H]2C1)c1ccc(O)c(F)c1. The fourth-order valence-electron chi connectivity index (χ4n) is 4.54. The highest BCUT2D eigenvalue weighted by atomic mass is 32.1. The summed E-state index contributed by atoms with van der Waals surface area (Å²) in [4.78, 5) is 15.7. The van der Waals surface area contributed by atoms with Gasteiger partial charge in [-0.25, -0.2) is 4.39 Å². The molecule has 2 fully saturated rings. The number of carbonyl (C=O) groups excluding carboxylic acids is 1. The number of phenolic OH excluding ortho intramolecular Hbond substituents is 1. The van der Waals surface area contributed by atoms with Crippen molar-refractivity contribution < 1.29 is 19.4 Å². The largest absolute Gasteiger partial charge is 0.505 e. The number of rotatable bonds is 5. The van der Waals surface area contributed by atoms with Crippen molar-refractivity contribution >= 4 is 17.1 Å². The number of halogens is 1. The lowest BCUT2D eigenvalue weighted by Gasteiger charge is -2.25. The summed E-state index contributed by atoms with van der Waals surface area (Å²) in [5.74, 6) is -0.540. The van der Waals surface area contributed by atoms with Gasteiger partial charge in [-0.1, -0.05) is 6.07 Å². The van der Waals surface area contributed by atoms with E-state index in [0.29, 0.717) is 18.3 Å². The van der Waals surface area contributed by atoms with E-state index in [1.807, 2.05) is 11.4 Å². The molecule has 2 aromatic rings. The molecule has 1 saturated carbocycles. The summed E-state index contributed by atoms with van der Waals surface area (Å²) in [6, 6.07) is 7.84. The predicted molar refractivity (Wildman–Crippen MR) is 98.0 cm³/mol. The number of ketones is 1. The third-order valence-electron chi connectivity index (χ3n) is 5.66. The molecule has 0 amide bonds. The van der Waals surface area contributed by atoms with E-state index in [1.165, 1.54) is 17.0 Å². The number of benzene rings is 1. The first-order chi connectivity index (χ1) is 12.4. The summed E-state index contributed by atoms with van der Waals surface area (Å²) >= 11 is 1.68. The Hall–Kier alpha value is -1.76. The molecule has 2 N–H and O–H groups in total. The topological polar surface area (TPSA) is 60.8 Å². The van der Waals surface area contributed by atoms with Gasteiger partial charge in [0, 0.05) is 30.0 Å². The second kappa shape index (κ2) is 6.76. The lowest BCUT2D eigenvalue weighted by molar-refractivity contribution is 0.0363. The molecule has 4 nitrogen and oxygen atoms in total. The number of hydrogen-bond donors (Lipinski definition) is 2. The zero-order valence-corrected chi connectivity index (χ0v) is 15.2. The Bertz CT molecular complexity index is 793. The number of fused-ring (bicyclic) bond motifs is 1. The van der Waals surface area contributed by atoms with Crippen LogP contribution < -0.4 is 0 Å². The average Bonchev–Trinajstić information content (AvgIpc) is 3.26. The molecule has 0 spiro atoms. The summed E-state index contributed by atoms with van der Waals surface area (Å²) in [6.07, 6.45) is 2.26. The fourth-order valence-corrected chi connectivity index (χ4v) is 5.38. The second-order valence-corrected chi connectivity index (χ2v) is 8.72. The minimum absolute atomic E-state index is 0.141. The molecule has 0 bridgehead atoms. The van der Waals surface area contributed by atoms with Gasteiger partial charge in [0.15, 0.2) is 17.3 Å². The molecule has 2 aliphatic rings. The Morgan fingerprint density at radius 3 is 2.62 bits per heavy atom. The van der Waals surface area contributed by atoms with E-state index in [1.54, 1.807) is 11.3 Å². The summed E-state index contributed by atoms with van der Waals surface area (Å²) in [5.41, 5.74) is -0.345. The summed E-state index contributed by atoms with van der Waals surface area (Å²) < 4.78 is 13.4. The van der Waals surface area contributed by atoms with Gasteiger partial charge in [-0.05, 0) is 54.3 Å². The van der Waals surface area contributed by atoms with Gasteiger partial charge >= 0.3 is 0 Å². The number of aromatic hydroxyl groups is 1. The second-order valence-electron chi connectivity index (χ2n) is 7.69. The maximum atomic E-state index is 13.4. The van der Waals surface area contributed by atoms with E-state index in [0.717, 1.165) is 32.0 Å². The van der Waals surface area contributed by atoms with Crippen molar-refractivity contribution in [2.24, 2.45) is 11.8 Å². The molecule has 4 rings (SSSR count). The van der Waals surface area contributed by atoms with Gasteiger partial charge in [0.05, 0.1) is 12.1 Å². The van der Waals surface area contributed by atoms with Gasteiger partial charge in [-0.2, -0.15) is 0 Å². The van der Waals surface area contributed by atoms with Gasteiger partial charge in [0.1, 0.15) is 0 Å². The average molecular weight is 375 g/mol. The molecule has 3 atom stereocenters. The number of thiophene rings is 1. The van der Waals surface area contributed by atoms with E-state index >= 15 is 0 Å². The van der Waals surface area contributed by atoms with Crippen molar-refractivity contribution in [1.29, 1.82) is 0 Å². The minimum Gasteiger partial charge on any atom is -0.505 e. The first kappa shape index (κ1) is 17.6. The Morgan fingerprint density at radius 2 is 2.00 bits per heavy atom. The number of nitrogens with zero attached hydrogens (tertiary/aromatic N) is 1. The van der Waals surface area contributed by atoms with Gasteiger partial charge < -0.3 is 10.2 Å². The molecule has 1 aromatic carbocycles. The number of phenols is 1. The molecule has 1 aliphatic heterocycles. The first-order valence-corrected chi connectivity index (χ1v) is 9.79. The molecule has 2 heterocycles. The Labute approximate surface area is 155 Å². The molecule has 138 valence electrons. The van der Waals surface area contributed by atoms with Crippen LogP contribution in [0.2, 0.25) is 0 Å². The molecule has 1 unspecified atom stereocenters. The quantitative estimate of drug-likeness (QED) is 0.789. The summed E-state index contributed by atoms with van der Waals surface area (Å²) in [7, 11) is 0. The van der Waals surface area contributed by atoms with Crippen molar-refractivity contribution in [3.8, 4) is 5.75 Å². The maximum Gasteiger partial charge on any atom is 0.176 e. The van der Waals surface area contributed by atoms with Crippen LogP contribution in [0.5, 0.6) is 5.75 Å². The lowest BCUT2D eigenvalue weighted by atomic mass is 9.95. The van der Waals surface area contributed by atoms with Crippen molar-refractivity contribution in [2.45, 2.75) is 24.9 Å². The van der Waals surface area contributed by atoms with Crippen molar-refractivity contribution in [2.75, 3.05) is 19.6 Å². The number of Topliss-reactive ketones (excluding diaryl/α,β-unsaturated/α-hetero) is 1. The van der Waals surface area contributed by atoms with Crippen LogP contribution in [0.25, 0.3) is 0 Å². The van der Waals surface area contributed by atoms with Crippen LogP contribution in [0.4, 0.5) is 4.39 Å². The molecule has 1 aromatic heterocycles. The Kier molecular flexibility index (Phi) is 4.59.